The highest BCUT2D eigenvalue weighted by Gasteiger charge is 2.38. The van der Waals surface area contributed by atoms with Gasteiger partial charge in [0.2, 0.25) is 0 Å². The Morgan fingerprint density at radius 3 is 2.00 bits per heavy atom. The summed E-state index contributed by atoms with van der Waals surface area (Å²) >= 11 is 0. The summed E-state index contributed by atoms with van der Waals surface area (Å²) in [6.07, 6.45) is -4.98. The number of para-hydroxylation sites is 1. The normalized spacial score (nSPS) is 15.0. The van der Waals surface area contributed by atoms with Crippen molar-refractivity contribution in [3.8, 4) is 0 Å². The van der Waals surface area contributed by atoms with Crippen LogP contribution in [0.2, 0.25) is 0 Å². The van der Waals surface area contributed by atoms with Gasteiger partial charge in [0, 0.05) is 31.2 Å². The number of hydrogen-bond acceptors (Lipinski definition) is 7. The zero-order chi connectivity index (χ0) is 32.5. The highest BCUT2D eigenvalue weighted by atomic mass is 19.4. The molecule has 44 heavy (non-hydrogen) atoms. The van der Waals surface area contributed by atoms with Crippen LogP contribution < -0.4 is 0 Å². The first kappa shape index (κ1) is 33.9. The van der Waals surface area contributed by atoms with Gasteiger partial charge >= 0.3 is 24.3 Å². The van der Waals surface area contributed by atoms with Crippen LogP contribution in [0.3, 0.4) is 0 Å². The molecule has 16 heteroatoms. The number of nitrogens with zero attached hydrogens (tertiary/aromatic N) is 5. The molecule has 10 nitrogen and oxygen atoms in total. The number of carboxylic acid groups (broad SMARTS) is 2. The SMILES string of the molecule is O=C(O)C(F)(F)F.O=C(O)C(F)(F)F.OC(c1ccccc1)c1cn(C2CCN(Cc3cnc4ccccc4c3)CC2)nn1. The van der Waals surface area contributed by atoms with Crippen LogP contribution in [0.5, 0.6) is 0 Å². The van der Waals surface area contributed by atoms with Crippen LogP contribution in [0.4, 0.5) is 26.3 Å². The van der Waals surface area contributed by atoms with Crippen molar-refractivity contribution in [2.45, 2.75) is 43.9 Å². The van der Waals surface area contributed by atoms with Gasteiger partial charge < -0.3 is 15.3 Å². The van der Waals surface area contributed by atoms with Gasteiger partial charge in [0.15, 0.2) is 0 Å². The number of halogens is 6. The molecule has 0 aliphatic carbocycles. The number of aromatic nitrogens is 4. The molecule has 1 aliphatic rings. The van der Waals surface area contributed by atoms with E-state index in [0.717, 1.165) is 43.6 Å². The molecular weight excluding hydrogens is 600 g/mol. The number of hydrogen-bond donors (Lipinski definition) is 3. The van der Waals surface area contributed by atoms with Gasteiger partial charge in [-0.1, -0.05) is 53.7 Å². The van der Waals surface area contributed by atoms with Crippen molar-refractivity contribution in [2.75, 3.05) is 13.1 Å². The number of aliphatic hydroxyl groups is 1. The third-order valence-corrected chi connectivity index (χ3v) is 6.39. The van der Waals surface area contributed by atoms with Gasteiger partial charge in [-0.2, -0.15) is 26.3 Å². The van der Waals surface area contributed by atoms with Crippen molar-refractivity contribution >= 4 is 22.8 Å². The second-order valence-electron chi connectivity index (χ2n) is 9.59. The molecule has 0 bridgehead atoms. The molecule has 3 N–H and O–H groups in total. The molecule has 236 valence electrons. The smallest absolute Gasteiger partial charge is 0.475 e. The fourth-order valence-electron chi connectivity index (χ4n) is 4.20. The van der Waals surface area contributed by atoms with Gasteiger partial charge in [-0.25, -0.2) is 14.3 Å². The van der Waals surface area contributed by atoms with E-state index in [1.165, 1.54) is 10.9 Å². The lowest BCUT2D eigenvalue weighted by atomic mass is 10.0. The second-order valence-corrected chi connectivity index (χ2v) is 9.59. The highest BCUT2D eigenvalue weighted by Crippen LogP contribution is 2.26. The Hall–Kier alpha value is -4.57. The number of likely N-dealkylation sites (tertiary alicyclic amines) is 1. The largest absolute Gasteiger partial charge is 0.490 e. The molecule has 1 atom stereocenters. The van der Waals surface area contributed by atoms with Gasteiger partial charge in [0.05, 0.1) is 17.8 Å². The van der Waals surface area contributed by atoms with Crippen LogP contribution in [0.25, 0.3) is 10.9 Å². The standard InChI is InChI=1S/C24H25N5O.2C2HF3O2/c30-24(19-6-2-1-3-7-19)23-17-29(27-26-23)21-10-12-28(13-11-21)16-18-14-20-8-4-5-9-22(20)25-15-18;2*3-2(4,5)1(6)7/h1-9,14-15,17,21,24,30H,10-13,16H2;2*(H,6,7). The third-order valence-electron chi connectivity index (χ3n) is 6.39. The number of benzene rings is 2. The molecule has 0 amide bonds. The van der Waals surface area contributed by atoms with E-state index in [0.29, 0.717) is 11.7 Å². The fourth-order valence-corrected chi connectivity index (χ4v) is 4.20. The van der Waals surface area contributed by atoms with Crippen LogP contribution in [0.1, 0.15) is 41.8 Å². The molecule has 4 aromatic rings. The monoisotopic (exact) mass is 627 g/mol. The Morgan fingerprint density at radius 2 is 1.43 bits per heavy atom. The van der Waals surface area contributed by atoms with E-state index >= 15 is 0 Å². The summed E-state index contributed by atoms with van der Waals surface area (Å²) in [5.41, 5.74) is 3.73. The molecule has 1 fully saturated rings. The average molecular weight is 628 g/mol. The Kier molecular flexibility index (Phi) is 11.4. The predicted molar refractivity (Wildman–Crippen MR) is 143 cm³/mol. The number of aliphatic carboxylic acids is 2. The lowest BCUT2D eigenvalue weighted by molar-refractivity contribution is -0.193. The number of aliphatic hydroxyl groups excluding tert-OH is 1. The maximum atomic E-state index is 10.6. The van der Waals surface area contributed by atoms with E-state index in [1.807, 2.05) is 59.5 Å². The minimum atomic E-state index is -5.08. The summed E-state index contributed by atoms with van der Waals surface area (Å²) in [6.45, 7) is 2.93. The van der Waals surface area contributed by atoms with Crippen LogP contribution >= 0.6 is 0 Å². The molecule has 3 heterocycles. The van der Waals surface area contributed by atoms with Crippen molar-refractivity contribution in [3.63, 3.8) is 0 Å². The van der Waals surface area contributed by atoms with Crippen molar-refractivity contribution in [1.82, 2.24) is 24.9 Å². The van der Waals surface area contributed by atoms with Crippen LogP contribution in [-0.2, 0) is 16.1 Å². The minimum Gasteiger partial charge on any atom is -0.475 e. The van der Waals surface area contributed by atoms with Gasteiger partial charge in [-0.3, -0.25) is 9.88 Å². The van der Waals surface area contributed by atoms with Crippen LogP contribution in [-0.4, -0.2) is 77.6 Å². The number of pyridine rings is 1. The van der Waals surface area contributed by atoms with E-state index in [2.05, 4.69) is 38.4 Å². The van der Waals surface area contributed by atoms with Crippen molar-refractivity contribution in [1.29, 1.82) is 0 Å². The molecule has 0 saturated carbocycles. The van der Waals surface area contributed by atoms with E-state index in [4.69, 9.17) is 19.8 Å². The van der Waals surface area contributed by atoms with Gasteiger partial charge in [-0.15, -0.1) is 5.10 Å². The van der Waals surface area contributed by atoms with E-state index in [9.17, 15) is 31.4 Å². The summed E-state index contributed by atoms with van der Waals surface area (Å²) in [6, 6.07) is 20.4. The first-order chi connectivity index (χ1) is 20.6. The minimum absolute atomic E-state index is 0.320. The lowest BCUT2D eigenvalue weighted by Crippen LogP contribution is -2.34. The van der Waals surface area contributed by atoms with Crippen LogP contribution in [0.15, 0.2) is 73.1 Å². The summed E-state index contributed by atoms with van der Waals surface area (Å²) in [5.74, 6) is -5.51. The maximum Gasteiger partial charge on any atom is 0.490 e. The number of fused-ring (bicyclic) bond motifs is 1. The topological polar surface area (TPSA) is 142 Å². The summed E-state index contributed by atoms with van der Waals surface area (Å²) in [5, 5.41) is 34.5. The number of rotatable bonds is 5. The zero-order valence-electron chi connectivity index (χ0n) is 22.8. The molecular formula is C28H27F6N5O5. The number of piperidine rings is 1. The second kappa shape index (κ2) is 14.7. The number of carbonyl (C=O) groups is 2. The Bertz CT molecular complexity index is 1500. The number of carboxylic acids is 2. The van der Waals surface area contributed by atoms with Crippen LogP contribution in [0, 0.1) is 0 Å². The molecule has 1 aliphatic heterocycles. The van der Waals surface area contributed by atoms with Crippen molar-refractivity contribution < 1.29 is 51.3 Å². The quantitative estimate of drug-likeness (QED) is 0.260. The third kappa shape index (κ3) is 10.0. The van der Waals surface area contributed by atoms with Gasteiger partial charge in [-0.05, 0) is 36.1 Å². The molecule has 2 aromatic carbocycles. The lowest BCUT2D eigenvalue weighted by Gasteiger charge is -2.31. The van der Waals surface area contributed by atoms with Gasteiger partial charge in [0.1, 0.15) is 11.8 Å². The molecule has 0 spiro atoms. The Morgan fingerprint density at radius 1 is 0.886 bits per heavy atom. The summed E-state index contributed by atoms with van der Waals surface area (Å²) in [7, 11) is 0. The Balaban J connectivity index is 0.000000317. The van der Waals surface area contributed by atoms with E-state index in [-0.39, 0.29) is 0 Å². The molecule has 1 unspecified atom stereocenters. The maximum absolute atomic E-state index is 10.6. The molecule has 2 aromatic heterocycles. The molecule has 0 radical (unpaired) electrons. The Labute approximate surface area is 246 Å². The van der Waals surface area contributed by atoms with Crippen molar-refractivity contribution in [2.24, 2.45) is 0 Å². The first-order valence-electron chi connectivity index (χ1n) is 13.0. The predicted octanol–water partition coefficient (Wildman–Crippen LogP) is 5.01. The molecule has 5 rings (SSSR count). The van der Waals surface area contributed by atoms with Crippen molar-refractivity contribution in [3.05, 3.63) is 89.9 Å². The fraction of sp³-hybridized carbons (Fsp3) is 0.321. The van der Waals surface area contributed by atoms with E-state index in [1.54, 1.807) is 0 Å². The summed E-state index contributed by atoms with van der Waals surface area (Å²) < 4.78 is 65.4. The zero-order valence-corrected chi connectivity index (χ0v) is 22.8. The van der Waals surface area contributed by atoms with Gasteiger partial charge in [0.25, 0.3) is 0 Å². The molecule has 1 saturated heterocycles. The first-order valence-corrected chi connectivity index (χ1v) is 13.0. The van der Waals surface area contributed by atoms with E-state index < -0.39 is 30.4 Å². The average Bonchev–Trinajstić information content (AvgIpc) is 3.48. The number of alkyl halides is 6. The summed E-state index contributed by atoms with van der Waals surface area (Å²) in [4.78, 5) is 24.8. The highest BCUT2D eigenvalue weighted by molar-refractivity contribution is 5.78.